The van der Waals surface area contributed by atoms with Crippen LogP contribution in [-0.4, -0.2) is 23.2 Å². The van der Waals surface area contributed by atoms with Crippen LogP contribution in [0.3, 0.4) is 0 Å². The Kier molecular flexibility index (Phi) is 4.21. The molecule has 2 nitrogen and oxygen atoms in total. The van der Waals surface area contributed by atoms with Crippen molar-refractivity contribution in [3.05, 3.63) is 0 Å². The van der Waals surface area contributed by atoms with Crippen molar-refractivity contribution in [3.63, 3.8) is 0 Å². The van der Waals surface area contributed by atoms with E-state index in [9.17, 15) is 0 Å². The molecule has 0 saturated heterocycles. The summed E-state index contributed by atoms with van der Waals surface area (Å²) in [7, 11) is 9.73. The molecule has 0 aliphatic rings. The minimum absolute atomic E-state index is 0.833. The lowest BCUT2D eigenvalue weighted by atomic mass is 9.73. The Morgan fingerprint density at radius 2 is 2.20 bits per heavy atom. The Morgan fingerprint density at radius 3 is 2.20 bits per heavy atom. The van der Waals surface area contributed by atoms with Gasteiger partial charge in [0.05, 0.1) is 7.74 Å². The first-order chi connectivity index (χ1) is 2.41. The first kappa shape index (κ1) is 5.11. The minimum Gasteiger partial charge on any atom is -0.340 e. The van der Waals surface area contributed by atoms with Gasteiger partial charge in [0.15, 0.2) is 0 Å². The molecule has 0 atom stereocenters. The Bertz CT molecular complexity index is 12.4. The molecule has 0 N–H and O–H groups in total. The molecule has 0 unspecified atom stereocenters. The highest BCUT2D eigenvalue weighted by Gasteiger charge is 1.69. The SMILES string of the molecule is [B][B]OO[B]. The minimum atomic E-state index is 0.833. The average molecular weight is 64.4 g/mol. The van der Waals surface area contributed by atoms with Gasteiger partial charge in [0.1, 0.15) is 0 Å². The predicted octanol–water partition coefficient (Wildman–Crippen LogP) is -1.28. The zero-order valence-electron chi connectivity index (χ0n) is 2.55. The van der Waals surface area contributed by atoms with Gasteiger partial charge in [-0.2, -0.15) is 0 Å². The third kappa shape index (κ3) is 4.11. The maximum Gasteiger partial charge on any atom is 0.335 e. The van der Waals surface area contributed by atoms with Crippen LogP contribution in [0.25, 0.3) is 0 Å². The second-order valence-corrected chi connectivity index (χ2v) is 0.329. The Balaban J connectivity index is 2.19. The molecule has 0 aliphatic carbocycles. The van der Waals surface area contributed by atoms with Crippen LogP contribution < -0.4 is 0 Å². The van der Waals surface area contributed by atoms with Crippen molar-refractivity contribution in [2.75, 3.05) is 0 Å². The van der Waals surface area contributed by atoms with Gasteiger partial charge >= 0.3 is 8.05 Å². The van der Waals surface area contributed by atoms with Crippen molar-refractivity contribution in [2.24, 2.45) is 0 Å². The maximum atomic E-state index is 4.59. The summed E-state index contributed by atoms with van der Waals surface area (Å²) in [5, 5.41) is 0. The molecule has 5 heteroatoms. The van der Waals surface area contributed by atoms with E-state index in [1.54, 1.807) is 0 Å². The average Bonchev–Trinajstić information content (AvgIpc) is 1.41. The summed E-state index contributed by atoms with van der Waals surface area (Å²) >= 11 is 0. The normalized spacial score (nSPS) is 7.20. The summed E-state index contributed by atoms with van der Waals surface area (Å²) in [6.07, 6.45) is 0. The molecular weight excluding hydrogens is 64.4 g/mol. The lowest BCUT2D eigenvalue weighted by molar-refractivity contribution is -0.0884. The Hall–Kier alpha value is 0.115. The molecule has 5 radical (unpaired) electrons. The first-order valence-electron chi connectivity index (χ1n) is 0.971. The van der Waals surface area contributed by atoms with E-state index in [0.29, 0.717) is 0 Å². The van der Waals surface area contributed by atoms with Gasteiger partial charge in [-0.1, -0.05) is 0 Å². The molecule has 0 spiro atoms. The van der Waals surface area contributed by atoms with Crippen LogP contribution in [0.5, 0.6) is 0 Å². The summed E-state index contributed by atoms with van der Waals surface area (Å²) in [6, 6.07) is 0. The van der Waals surface area contributed by atoms with Crippen LogP contribution in [-0.2, 0) is 9.61 Å². The van der Waals surface area contributed by atoms with E-state index < -0.39 is 0 Å². The van der Waals surface area contributed by atoms with Crippen LogP contribution in [0.2, 0.25) is 0 Å². The lowest BCUT2D eigenvalue weighted by Gasteiger charge is -1.87. The standard InChI is InChI=1S/B3O2/c1-3-5-4-2. The second-order valence-electron chi connectivity index (χ2n) is 0.329. The first-order valence-corrected chi connectivity index (χ1v) is 0.971. The zero-order valence-corrected chi connectivity index (χ0v) is 2.55. The zero-order chi connectivity index (χ0) is 4.12. The van der Waals surface area contributed by atoms with E-state index in [2.05, 4.69) is 25.4 Å². The van der Waals surface area contributed by atoms with Crippen molar-refractivity contribution >= 4 is 23.2 Å². The predicted molar refractivity (Wildman–Crippen MR) is 19.4 cm³/mol. The molecule has 21 valence electrons. The van der Waals surface area contributed by atoms with Crippen molar-refractivity contribution in [2.45, 2.75) is 0 Å². The molecule has 0 aliphatic heterocycles. The van der Waals surface area contributed by atoms with Gasteiger partial charge in [-0.3, -0.25) is 0 Å². The maximum absolute atomic E-state index is 4.59. The second kappa shape index (κ2) is 4.11. The molecule has 0 aromatic carbocycles. The van der Waals surface area contributed by atoms with E-state index in [-0.39, 0.29) is 0 Å². The van der Waals surface area contributed by atoms with Crippen molar-refractivity contribution in [1.82, 2.24) is 0 Å². The van der Waals surface area contributed by atoms with Crippen LogP contribution in [0.1, 0.15) is 0 Å². The molecule has 0 amide bonds. The molecule has 5 heavy (non-hydrogen) atoms. The van der Waals surface area contributed by atoms with Gasteiger partial charge in [0.25, 0.3) is 7.37 Å². The summed E-state index contributed by atoms with van der Waals surface area (Å²) in [4.78, 5) is 7.27. The van der Waals surface area contributed by atoms with Crippen molar-refractivity contribution in [3.8, 4) is 0 Å². The third-order valence-electron chi connectivity index (χ3n) is 0.111. The Morgan fingerprint density at radius 1 is 1.60 bits per heavy atom. The van der Waals surface area contributed by atoms with E-state index >= 15 is 0 Å². The lowest BCUT2D eigenvalue weighted by Crippen LogP contribution is -1.95. The fraction of sp³-hybridized carbons (Fsp3) is 0. The highest BCUT2D eigenvalue weighted by Crippen LogP contribution is 1.55. The molecule has 0 heterocycles. The highest BCUT2D eigenvalue weighted by atomic mass is 17.2. The van der Waals surface area contributed by atoms with Crippen LogP contribution in [0, 0.1) is 0 Å². The van der Waals surface area contributed by atoms with Gasteiger partial charge in [-0.05, 0) is 0 Å². The fourth-order valence-corrected chi connectivity index (χ4v) is 0.0321. The summed E-state index contributed by atoms with van der Waals surface area (Å²) in [5.74, 6) is 0. The smallest absolute Gasteiger partial charge is 0.335 e. The van der Waals surface area contributed by atoms with Crippen molar-refractivity contribution in [1.29, 1.82) is 0 Å². The van der Waals surface area contributed by atoms with Gasteiger partial charge in [-0.15, -0.1) is 0 Å². The van der Waals surface area contributed by atoms with Gasteiger partial charge in [-0.25, -0.2) is 0 Å². The number of hydrogen-bond acceptors (Lipinski definition) is 2. The molecular formula is B3O2. The van der Waals surface area contributed by atoms with Crippen molar-refractivity contribution < 1.29 is 9.61 Å². The molecule has 0 bridgehead atoms. The van der Waals surface area contributed by atoms with Crippen LogP contribution in [0.15, 0.2) is 0 Å². The molecule has 0 saturated carbocycles. The quantitative estimate of drug-likeness (QED) is 0.226. The van der Waals surface area contributed by atoms with Crippen LogP contribution >= 0.6 is 0 Å². The highest BCUT2D eigenvalue weighted by molar-refractivity contribution is 6.85. The summed E-state index contributed by atoms with van der Waals surface area (Å²) < 4.78 is 0. The fourth-order valence-electron chi connectivity index (χ4n) is 0.0321. The van der Waals surface area contributed by atoms with E-state index in [0.717, 1.165) is 7.37 Å². The monoisotopic (exact) mass is 65.0 g/mol. The molecule has 0 rings (SSSR count). The van der Waals surface area contributed by atoms with Gasteiger partial charge in [0.2, 0.25) is 0 Å². The Labute approximate surface area is 33.9 Å². The van der Waals surface area contributed by atoms with E-state index in [4.69, 9.17) is 0 Å². The molecule has 0 aromatic heterocycles. The third-order valence-corrected chi connectivity index (χ3v) is 0.111. The topological polar surface area (TPSA) is 18.5 Å². The van der Waals surface area contributed by atoms with Crippen LogP contribution in [0.4, 0.5) is 0 Å². The largest absolute Gasteiger partial charge is 0.340 e. The van der Waals surface area contributed by atoms with Gasteiger partial charge < -0.3 is 9.61 Å². The van der Waals surface area contributed by atoms with E-state index in [1.165, 1.54) is 0 Å². The van der Waals surface area contributed by atoms with Gasteiger partial charge in [0, 0.05) is 0 Å². The number of hydrogen-bond donors (Lipinski definition) is 0. The summed E-state index contributed by atoms with van der Waals surface area (Å²) in [6.45, 7) is 0. The molecule has 0 aromatic rings. The number of rotatable bonds is 2. The van der Waals surface area contributed by atoms with E-state index in [1.807, 2.05) is 0 Å². The summed E-state index contributed by atoms with van der Waals surface area (Å²) in [5.41, 5.74) is 0. The molecule has 0 fully saturated rings.